The molecule has 0 amide bonds. The van der Waals surface area contributed by atoms with Crippen LogP contribution in [0.5, 0.6) is 0 Å². The molecule has 0 aromatic rings. The van der Waals surface area contributed by atoms with Gasteiger partial charge in [-0.1, -0.05) is 6.42 Å². The monoisotopic (exact) mass is 285 g/mol. The van der Waals surface area contributed by atoms with Crippen molar-refractivity contribution in [3.05, 3.63) is 0 Å². The second kappa shape index (κ2) is 5.78. The first-order valence-corrected chi connectivity index (χ1v) is 8.74. The SMILES string of the molecule is C[C@@H](CN1CCCCC1)NS(=O)(=O)CC1(C#N)CC1. The molecule has 1 saturated heterocycles. The highest BCUT2D eigenvalue weighted by atomic mass is 32.2. The lowest BCUT2D eigenvalue weighted by Gasteiger charge is -2.29. The summed E-state index contributed by atoms with van der Waals surface area (Å²) in [4.78, 5) is 2.31. The van der Waals surface area contributed by atoms with E-state index in [9.17, 15) is 8.42 Å². The molecule has 2 rings (SSSR count). The van der Waals surface area contributed by atoms with Crippen LogP contribution in [0.1, 0.15) is 39.0 Å². The Morgan fingerprint density at radius 2 is 1.95 bits per heavy atom. The van der Waals surface area contributed by atoms with E-state index in [-0.39, 0.29) is 11.8 Å². The molecule has 0 aromatic carbocycles. The molecular formula is C13H23N3O2S. The largest absolute Gasteiger partial charge is 0.302 e. The maximum absolute atomic E-state index is 12.0. The second-order valence-electron chi connectivity index (χ2n) is 6.03. The minimum Gasteiger partial charge on any atom is -0.302 e. The first-order valence-electron chi connectivity index (χ1n) is 7.08. The Hall–Kier alpha value is -0.640. The van der Waals surface area contributed by atoms with Crippen LogP contribution in [-0.2, 0) is 10.0 Å². The summed E-state index contributed by atoms with van der Waals surface area (Å²) < 4.78 is 26.7. The summed E-state index contributed by atoms with van der Waals surface area (Å²) in [5, 5.41) is 8.96. The van der Waals surface area contributed by atoms with Gasteiger partial charge in [0.2, 0.25) is 10.0 Å². The minimum absolute atomic E-state index is 0.0408. The zero-order chi connectivity index (χ0) is 13.9. The zero-order valence-corrected chi connectivity index (χ0v) is 12.4. The summed E-state index contributed by atoms with van der Waals surface area (Å²) in [7, 11) is -3.34. The summed E-state index contributed by atoms with van der Waals surface area (Å²) >= 11 is 0. The van der Waals surface area contributed by atoms with Crippen molar-refractivity contribution in [3.8, 4) is 6.07 Å². The minimum atomic E-state index is -3.34. The van der Waals surface area contributed by atoms with E-state index in [1.807, 2.05) is 6.92 Å². The summed E-state index contributed by atoms with van der Waals surface area (Å²) in [6.45, 7) is 4.79. The van der Waals surface area contributed by atoms with Gasteiger partial charge in [0.05, 0.1) is 17.2 Å². The molecule has 19 heavy (non-hydrogen) atoms. The Labute approximate surface area is 116 Å². The van der Waals surface area contributed by atoms with Gasteiger partial charge in [-0.2, -0.15) is 5.26 Å². The molecule has 0 unspecified atom stereocenters. The van der Waals surface area contributed by atoms with Gasteiger partial charge in [-0.15, -0.1) is 0 Å². The van der Waals surface area contributed by atoms with E-state index in [4.69, 9.17) is 5.26 Å². The van der Waals surface area contributed by atoms with Crippen molar-refractivity contribution < 1.29 is 8.42 Å². The maximum atomic E-state index is 12.0. The number of nitrogens with zero attached hydrogens (tertiary/aromatic N) is 2. The lowest BCUT2D eigenvalue weighted by molar-refractivity contribution is 0.215. The lowest BCUT2D eigenvalue weighted by Crippen LogP contribution is -2.45. The molecule has 5 nitrogen and oxygen atoms in total. The summed E-state index contributed by atoms with van der Waals surface area (Å²) in [5.74, 6) is -0.0408. The van der Waals surface area contributed by atoms with E-state index in [2.05, 4.69) is 15.7 Å². The fourth-order valence-electron chi connectivity index (χ4n) is 2.72. The average molecular weight is 285 g/mol. The first kappa shape index (κ1) is 14.8. The van der Waals surface area contributed by atoms with Crippen molar-refractivity contribution in [2.75, 3.05) is 25.4 Å². The van der Waals surface area contributed by atoms with Gasteiger partial charge in [-0.25, -0.2) is 13.1 Å². The molecule has 2 fully saturated rings. The van der Waals surface area contributed by atoms with Crippen molar-refractivity contribution in [2.45, 2.75) is 45.1 Å². The number of hydrogen-bond acceptors (Lipinski definition) is 4. The fraction of sp³-hybridized carbons (Fsp3) is 0.923. The molecule has 1 N–H and O–H groups in total. The van der Waals surface area contributed by atoms with Gasteiger partial charge in [-0.05, 0) is 45.7 Å². The highest BCUT2D eigenvalue weighted by Crippen LogP contribution is 2.45. The third-order valence-corrected chi connectivity index (χ3v) is 5.61. The second-order valence-corrected chi connectivity index (χ2v) is 7.79. The molecule has 1 saturated carbocycles. The molecular weight excluding hydrogens is 262 g/mol. The molecule has 2 aliphatic rings. The number of hydrogen-bond donors (Lipinski definition) is 1. The molecule has 1 heterocycles. The molecule has 1 atom stereocenters. The van der Waals surface area contributed by atoms with Crippen LogP contribution in [0.15, 0.2) is 0 Å². The smallest absolute Gasteiger partial charge is 0.213 e. The van der Waals surface area contributed by atoms with E-state index in [0.717, 1.165) is 19.6 Å². The standard InChI is InChI=1S/C13H23N3O2S/c1-12(9-16-7-3-2-4-8-16)15-19(17,18)11-13(10-14)5-6-13/h12,15H,2-9,11H2,1H3/t12-/m0/s1. The Bertz CT molecular complexity index is 445. The summed E-state index contributed by atoms with van der Waals surface area (Å²) in [6.07, 6.45) is 5.12. The molecule has 0 spiro atoms. The van der Waals surface area contributed by atoms with Gasteiger partial charge >= 0.3 is 0 Å². The fourth-order valence-corrected chi connectivity index (χ4v) is 4.57. The molecule has 0 bridgehead atoms. The highest BCUT2D eigenvalue weighted by Gasteiger charge is 2.47. The average Bonchev–Trinajstić information content (AvgIpc) is 3.09. The Morgan fingerprint density at radius 1 is 1.32 bits per heavy atom. The number of piperidine rings is 1. The number of rotatable bonds is 6. The Morgan fingerprint density at radius 3 is 2.47 bits per heavy atom. The third kappa shape index (κ3) is 4.44. The first-order chi connectivity index (χ1) is 8.95. The highest BCUT2D eigenvalue weighted by molar-refractivity contribution is 7.89. The van der Waals surface area contributed by atoms with Crippen molar-refractivity contribution >= 4 is 10.0 Å². The van der Waals surface area contributed by atoms with Crippen LogP contribution in [0.4, 0.5) is 0 Å². The van der Waals surface area contributed by atoms with Crippen molar-refractivity contribution in [2.24, 2.45) is 5.41 Å². The summed E-state index contributed by atoms with van der Waals surface area (Å²) in [5.41, 5.74) is -0.601. The van der Waals surface area contributed by atoms with Gasteiger partial charge in [0, 0.05) is 12.6 Å². The van der Waals surface area contributed by atoms with Crippen molar-refractivity contribution in [3.63, 3.8) is 0 Å². The normalized spacial score (nSPS) is 24.6. The van der Waals surface area contributed by atoms with E-state index < -0.39 is 15.4 Å². The zero-order valence-electron chi connectivity index (χ0n) is 11.6. The van der Waals surface area contributed by atoms with Gasteiger partial charge < -0.3 is 4.90 Å². The quantitative estimate of drug-likeness (QED) is 0.792. The predicted octanol–water partition coefficient (Wildman–Crippen LogP) is 1.08. The lowest BCUT2D eigenvalue weighted by atomic mass is 10.1. The van der Waals surface area contributed by atoms with Crippen LogP contribution in [0.2, 0.25) is 0 Å². The van der Waals surface area contributed by atoms with Gasteiger partial charge in [0.1, 0.15) is 0 Å². The topological polar surface area (TPSA) is 73.2 Å². The van der Waals surface area contributed by atoms with E-state index in [1.54, 1.807) is 0 Å². The number of nitriles is 1. The van der Waals surface area contributed by atoms with Gasteiger partial charge in [0.15, 0.2) is 0 Å². The van der Waals surface area contributed by atoms with Crippen LogP contribution in [0.25, 0.3) is 0 Å². The van der Waals surface area contributed by atoms with Crippen LogP contribution >= 0.6 is 0 Å². The van der Waals surface area contributed by atoms with E-state index in [0.29, 0.717) is 12.8 Å². The van der Waals surface area contributed by atoms with Crippen LogP contribution < -0.4 is 4.72 Å². The Kier molecular flexibility index (Phi) is 4.49. The van der Waals surface area contributed by atoms with Crippen LogP contribution in [0.3, 0.4) is 0 Å². The maximum Gasteiger partial charge on any atom is 0.213 e. The number of likely N-dealkylation sites (tertiary alicyclic amines) is 1. The Balaban J connectivity index is 1.80. The van der Waals surface area contributed by atoms with Crippen LogP contribution in [-0.4, -0.2) is 44.7 Å². The van der Waals surface area contributed by atoms with Crippen molar-refractivity contribution in [1.82, 2.24) is 9.62 Å². The number of sulfonamides is 1. The molecule has 108 valence electrons. The summed E-state index contributed by atoms with van der Waals surface area (Å²) in [6, 6.07) is 2.05. The molecule has 0 aromatic heterocycles. The van der Waals surface area contributed by atoms with Crippen LogP contribution in [0, 0.1) is 16.7 Å². The molecule has 1 aliphatic carbocycles. The third-order valence-electron chi connectivity index (χ3n) is 3.92. The van der Waals surface area contributed by atoms with E-state index >= 15 is 0 Å². The molecule has 1 aliphatic heterocycles. The molecule has 0 radical (unpaired) electrons. The van der Waals surface area contributed by atoms with E-state index in [1.165, 1.54) is 19.3 Å². The van der Waals surface area contributed by atoms with Crippen molar-refractivity contribution in [1.29, 1.82) is 5.26 Å². The molecule has 6 heteroatoms. The van der Waals surface area contributed by atoms with Gasteiger partial charge in [-0.3, -0.25) is 0 Å². The predicted molar refractivity (Wildman–Crippen MR) is 74.0 cm³/mol. The number of nitrogens with one attached hydrogen (secondary N) is 1. The van der Waals surface area contributed by atoms with Gasteiger partial charge in [0.25, 0.3) is 0 Å².